The van der Waals surface area contributed by atoms with Gasteiger partial charge in [-0.3, -0.25) is 9.97 Å². The Bertz CT molecular complexity index is 1750. The molecule has 2 atom stereocenters. The number of halogens is 4. The van der Waals surface area contributed by atoms with Crippen LogP contribution in [0.3, 0.4) is 0 Å². The molecule has 0 fully saturated rings. The standard InChI is InChI=1S/2C21H29Cl2N3O2.C4H4O4/c2*22-18-13-16(14-19(23)21(18)24)20(27)15-25-9-4-1-2-6-11-28-12-8-17-7-3-5-10-26-17;5-3(6)1-2-4(7)8/h2*3,5,7,10,13-14,20,25,27H,1-2,4,6,8-9,11-12,15,24H2;1-2H,(H,5,6)(H,7,8)/b;;2-1+/t2*20-;/m00./s1. The van der Waals surface area contributed by atoms with Crippen molar-refractivity contribution in [3.63, 3.8) is 0 Å². The number of anilines is 2. The van der Waals surface area contributed by atoms with Crippen LogP contribution < -0.4 is 22.1 Å². The molecular formula is C46H62Cl4N6O8. The van der Waals surface area contributed by atoms with Gasteiger partial charge in [-0.1, -0.05) is 84.2 Å². The first-order chi connectivity index (χ1) is 30.8. The van der Waals surface area contributed by atoms with Crippen LogP contribution in [-0.2, 0) is 31.9 Å². The van der Waals surface area contributed by atoms with Crippen LogP contribution in [0, 0.1) is 0 Å². The van der Waals surface area contributed by atoms with E-state index in [0.29, 0.717) is 67.8 Å². The molecule has 0 unspecified atom stereocenters. The number of nitrogens with two attached hydrogens (primary N) is 2. The molecule has 0 amide bonds. The number of nitrogens with one attached hydrogen (secondary N) is 2. The predicted molar refractivity (Wildman–Crippen MR) is 256 cm³/mol. The van der Waals surface area contributed by atoms with Gasteiger partial charge in [-0.05, 0) is 98.4 Å². The quantitative estimate of drug-likeness (QED) is 0.0151. The molecule has 10 N–H and O–H groups in total. The zero-order valence-corrected chi connectivity index (χ0v) is 39.0. The lowest BCUT2D eigenvalue weighted by molar-refractivity contribution is -0.134. The fourth-order valence-electron chi connectivity index (χ4n) is 5.71. The van der Waals surface area contributed by atoms with Crippen LogP contribution in [-0.4, -0.2) is 94.9 Å². The maximum atomic E-state index is 10.2. The molecule has 352 valence electrons. The Morgan fingerprint density at radius 2 is 0.938 bits per heavy atom. The lowest BCUT2D eigenvalue weighted by atomic mass is 10.1. The topological polar surface area (TPSA) is 235 Å². The minimum Gasteiger partial charge on any atom is -0.478 e. The van der Waals surface area contributed by atoms with E-state index in [1.807, 2.05) is 48.8 Å². The highest BCUT2D eigenvalue weighted by Crippen LogP contribution is 2.32. The minimum absolute atomic E-state index is 0.341. The molecule has 0 aliphatic carbocycles. The number of aliphatic hydroxyl groups excluding tert-OH is 2. The number of ether oxygens (including phenoxy) is 2. The van der Waals surface area contributed by atoms with Gasteiger partial charge in [0.2, 0.25) is 0 Å². The molecule has 14 nitrogen and oxygen atoms in total. The lowest BCUT2D eigenvalue weighted by Gasteiger charge is -2.14. The van der Waals surface area contributed by atoms with Crippen LogP contribution in [0.1, 0.15) is 86.1 Å². The van der Waals surface area contributed by atoms with Gasteiger partial charge in [0.15, 0.2) is 0 Å². The molecule has 4 rings (SSSR count). The number of rotatable bonds is 28. The Hall–Kier alpha value is -4.06. The average molecular weight is 969 g/mol. The van der Waals surface area contributed by atoms with Crippen molar-refractivity contribution in [2.24, 2.45) is 0 Å². The Morgan fingerprint density at radius 1 is 0.578 bits per heavy atom. The van der Waals surface area contributed by atoms with Crippen molar-refractivity contribution < 1.29 is 39.5 Å². The predicted octanol–water partition coefficient (Wildman–Crippen LogP) is 8.54. The van der Waals surface area contributed by atoms with Crippen LogP contribution in [0.15, 0.2) is 85.2 Å². The average Bonchev–Trinajstić information content (AvgIpc) is 3.28. The van der Waals surface area contributed by atoms with E-state index in [0.717, 1.165) is 115 Å². The second kappa shape index (κ2) is 34.3. The molecular weight excluding hydrogens is 906 g/mol. The van der Waals surface area contributed by atoms with Crippen molar-refractivity contribution in [2.45, 2.75) is 76.4 Å². The van der Waals surface area contributed by atoms with E-state index in [2.05, 4.69) is 20.6 Å². The van der Waals surface area contributed by atoms with Gasteiger partial charge in [-0.15, -0.1) is 0 Å². The number of aromatic nitrogens is 2. The number of unbranched alkanes of at least 4 members (excludes halogenated alkanes) is 6. The number of carboxylic acids is 2. The Morgan fingerprint density at radius 3 is 1.27 bits per heavy atom. The molecule has 0 saturated carbocycles. The monoisotopic (exact) mass is 966 g/mol. The highest BCUT2D eigenvalue weighted by atomic mass is 35.5. The summed E-state index contributed by atoms with van der Waals surface area (Å²) in [4.78, 5) is 27.7. The van der Waals surface area contributed by atoms with Gasteiger partial charge in [-0.2, -0.15) is 0 Å². The van der Waals surface area contributed by atoms with Gasteiger partial charge < -0.3 is 52.0 Å². The van der Waals surface area contributed by atoms with Crippen molar-refractivity contribution in [2.75, 3.05) is 64.1 Å². The molecule has 18 heteroatoms. The summed E-state index contributed by atoms with van der Waals surface area (Å²) in [6.45, 7) is 5.63. The van der Waals surface area contributed by atoms with Gasteiger partial charge in [0.1, 0.15) is 0 Å². The number of hydrogen-bond acceptors (Lipinski definition) is 12. The summed E-state index contributed by atoms with van der Waals surface area (Å²) in [6, 6.07) is 18.5. The van der Waals surface area contributed by atoms with E-state index in [1.165, 1.54) is 0 Å². The van der Waals surface area contributed by atoms with E-state index in [-0.39, 0.29) is 0 Å². The summed E-state index contributed by atoms with van der Waals surface area (Å²) < 4.78 is 11.3. The summed E-state index contributed by atoms with van der Waals surface area (Å²) >= 11 is 24.0. The summed E-state index contributed by atoms with van der Waals surface area (Å²) in [5.74, 6) is -2.51. The molecule has 0 aliphatic heterocycles. The first kappa shape index (κ1) is 56.1. The number of pyridine rings is 2. The normalized spacial score (nSPS) is 11.9. The van der Waals surface area contributed by atoms with E-state index in [4.69, 9.17) is 77.6 Å². The largest absolute Gasteiger partial charge is 0.478 e. The highest BCUT2D eigenvalue weighted by Gasteiger charge is 2.13. The minimum atomic E-state index is -1.26. The molecule has 0 spiro atoms. The summed E-state index contributed by atoms with van der Waals surface area (Å²) in [5.41, 5.74) is 15.6. The molecule has 2 aromatic heterocycles. The van der Waals surface area contributed by atoms with Gasteiger partial charge in [0.05, 0.1) is 56.9 Å². The van der Waals surface area contributed by atoms with Gasteiger partial charge in [-0.25, -0.2) is 9.59 Å². The highest BCUT2D eigenvalue weighted by molar-refractivity contribution is 6.39. The number of benzene rings is 2. The first-order valence-corrected chi connectivity index (χ1v) is 22.6. The van der Waals surface area contributed by atoms with Crippen molar-refractivity contribution in [1.29, 1.82) is 0 Å². The van der Waals surface area contributed by atoms with E-state index >= 15 is 0 Å². The van der Waals surface area contributed by atoms with Crippen LogP contribution in [0.2, 0.25) is 20.1 Å². The second-order valence-corrected chi connectivity index (χ2v) is 16.1. The van der Waals surface area contributed by atoms with Gasteiger partial charge >= 0.3 is 11.9 Å². The number of hydrogen-bond donors (Lipinski definition) is 8. The molecule has 2 heterocycles. The summed E-state index contributed by atoms with van der Waals surface area (Å²) in [6.07, 6.45) is 13.9. The molecule has 0 radical (unpaired) electrons. The van der Waals surface area contributed by atoms with E-state index in [9.17, 15) is 19.8 Å². The maximum absolute atomic E-state index is 10.2. The number of nitrogen functional groups attached to an aromatic ring is 2. The Labute approximate surface area is 396 Å². The van der Waals surface area contributed by atoms with Gasteiger partial charge in [0.25, 0.3) is 0 Å². The van der Waals surface area contributed by atoms with E-state index < -0.39 is 24.1 Å². The number of carboxylic acid groups (broad SMARTS) is 2. The molecule has 4 aromatic rings. The van der Waals surface area contributed by atoms with Crippen LogP contribution in [0.4, 0.5) is 11.4 Å². The third-order valence-corrected chi connectivity index (χ3v) is 10.5. The fourth-order valence-corrected chi connectivity index (χ4v) is 6.72. The third-order valence-electron chi connectivity index (χ3n) is 9.26. The number of aliphatic carboxylic acids is 2. The first-order valence-electron chi connectivity index (χ1n) is 21.1. The summed E-state index contributed by atoms with van der Waals surface area (Å²) in [7, 11) is 0. The van der Waals surface area contributed by atoms with Crippen LogP contribution in [0.25, 0.3) is 0 Å². The van der Waals surface area contributed by atoms with Crippen molar-refractivity contribution in [3.8, 4) is 0 Å². The molecule has 0 saturated heterocycles. The lowest BCUT2D eigenvalue weighted by Crippen LogP contribution is -2.22. The Balaban J connectivity index is 0.000000376. The van der Waals surface area contributed by atoms with E-state index in [1.54, 1.807) is 24.3 Å². The van der Waals surface area contributed by atoms with Crippen LogP contribution in [0.5, 0.6) is 0 Å². The smallest absolute Gasteiger partial charge is 0.328 e. The zero-order valence-electron chi connectivity index (χ0n) is 35.9. The fraction of sp³-hybridized carbons (Fsp3) is 0.435. The SMILES string of the molecule is Nc1c(Cl)cc([C@@H](O)CNCCCCCCOCCc2ccccn2)cc1Cl.Nc1c(Cl)cc([C@@H](O)CNCCCCCCOCCc2ccccn2)cc1Cl.O=C(O)/C=C/C(=O)O. The number of carbonyl (C=O) groups is 2. The van der Waals surface area contributed by atoms with Crippen LogP contribution >= 0.6 is 46.4 Å². The number of aliphatic hydroxyl groups is 2. The molecule has 0 aliphatic rings. The zero-order chi connectivity index (χ0) is 47.0. The number of nitrogens with zero attached hydrogens (tertiary/aromatic N) is 2. The Kier molecular flexibility index (Phi) is 30.1. The van der Waals surface area contributed by atoms with Gasteiger partial charge in [0, 0.05) is 75.1 Å². The third kappa shape index (κ3) is 26.0. The molecule has 64 heavy (non-hydrogen) atoms. The van der Waals surface area contributed by atoms with Crippen molar-refractivity contribution >= 4 is 69.7 Å². The maximum Gasteiger partial charge on any atom is 0.328 e. The van der Waals surface area contributed by atoms with Crippen molar-refractivity contribution in [1.82, 2.24) is 20.6 Å². The molecule has 0 bridgehead atoms. The summed E-state index contributed by atoms with van der Waals surface area (Å²) in [5, 5.41) is 44.1. The second-order valence-electron chi connectivity index (χ2n) is 14.4. The molecule has 2 aromatic carbocycles. The van der Waals surface area contributed by atoms with Crippen molar-refractivity contribution in [3.05, 3.63) is 128 Å².